The van der Waals surface area contributed by atoms with Crippen molar-refractivity contribution in [3.05, 3.63) is 48.0 Å². The van der Waals surface area contributed by atoms with Crippen LogP contribution in [0, 0.1) is 5.82 Å². The Kier molecular flexibility index (Phi) is 5.21. The number of hydrogen-bond acceptors (Lipinski definition) is 6. The molecule has 0 saturated heterocycles. The molecule has 0 saturated carbocycles. The van der Waals surface area contributed by atoms with E-state index in [0.717, 1.165) is 17.7 Å². The van der Waals surface area contributed by atoms with E-state index in [-0.39, 0.29) is 11.4 Å². The summed E-state index contributed by atoms with van der Waals surface area (Å²) in [5.74, 6) is 0.0266. The third kappa shape index (κ3) is 4.46. The first-order chi connectivity index (χ1) is 14.3. The van der Waals surface area contributed by atoms with Crippen LogP contribution in [0.1, 0.15) is 32.9 Å². The van der Waals surface area contributed by atoms with Crippen LogP contribution in [0.2, 0.25) is 0 Å². The summed E-state index contributed by atoms with van der Waals surface area (Å²) in [6.07, 6.45) is 3.88. The van der Waals surface area contributed by atoms with E-state index in [2.05, 4.69) is 20.4 Å². The van der Waals surface area contributed by atoms with Crippen molar-refractivity contribution in [3.63, 3.8) is 0 Å². The average Bonchev–Trinajstić information content (AvgIpc) is 3.11. The fraction of sp³-hybridized carbons (Fsp3) is 0.333. The highest BCUT2D eigenvalue weighted by molar-refractivity contribution is 5.86. The Labute approximate surface area is 172 Å². The average molecular weight is 411 g/mol. The van der Waals surface area contributed by atoms with E-state index < -0.39 is 17.5 Å². The molecule has 0 unspecified atom stereocenters. The zero-order valence-corrected chi connectivity index (χ0v) is 17.0. The number of anilines is 1. The summed E-state index contributed by atoms with van der Waals surface area (Å²) >= 11 is 0. The van der Waals surface area contributed by atoms with Gasteiger partial charge in [-0.3, -0.25) is 5.32 Å². The van der Waals surface area contributed by atoms with Crippen LogP contribution < -0.4 is 5.32 Å². The number of carbonyl (C=O) groups is 1. The Hall–Kier alpha value is -3.33. The molecule has 1 aliphatic heterocycles. The molecule has 9 heteroatoms. The van der Waals surface area contributed by atoms with Gasteiger partial charge < -0.3 is 9.47 Å². The molecule has 0 aliphatic carbocycles. The standard InChI is InChI=1S/C21H22FN5O3/c1-21(2,3)30-20(28)23-14-4-5-16(22)15(12-14)18-25-19-24-17(6-9-27(19)26-18)13-7-10-29-11-8-13/h4-7,9,12H,8,10-11H2,1-3H3,(H,23,28). The molecule has 1 amide bonds. The predicted molar refractivity (Wildman–Crippen MR) is 109 cm³/mol. The van der Waals surface area contributed by atoms with E-state index in [1.807, 2.05) is 12.1 Å². The fourth-order valence-electron chi connectivity index (χ4n) is 3.03. The zero-order valence-electron chi connectivity index (χ0n) is 17.0. The summed E-state index contributed by atoms with van der Waals surface area (Å²) in [6, 6.07) is 6.02. The SMILES string of the molecule is CC(C)(C)OC(=O)Nc1ccc(F)c(-c2nc3nc(C4=CCOCC4)ccn3n2)c1. The lowest BCUT2D eigenvalue weighted by atomic mass is 10.1. The Morgan fingerprint density at radius 3 is 2.83 bits per heavy atom. The van der Waals surface area contributed by atoms with Crippen molar-refractivity contribution in [1.29, 1.82) is 0 Å². The second-order valence-corrected chi connectivity index (χ2v) is 7.87. The largest absolute Gasteiger partial charge is 0.444 e. The highest BCUT2D eigenvalue weighted by Gasteiger charge is 2.18. The molecule has 0 radical (unpaired) electrons. The molecule has 2 aromatic heterocycles. The molecule has 0 spiro atoms. The van der Waals surface area contributed by atoms with Crippen molar-refractivity contribution >= 4 is 23.1 Å². The van der Waals surface area contributed by atoms with E-state index in [4.69, 9.17) is 9.47 Å². The van der Waals surface area contributed by atoms with Crippen LogP contribution >= 0.6 is 0 Å². The highest BCUT2D eigenvalue weighted by atomic mass is 19.1. The molecule has 0 bridgehead atoms. The van der Waals surface area contributed by atoms with Crippen molar-refractivity contribution < 1.29 is 18.7 Å². The molecule has 8 nitrogen and oxygen atoms in total. The minimum absolute atomic E-state index is 0.154. The molecule has 4 rings (SSSR count). The second-order valence-electron chi connectivity index (χ2n) is 7.87. The maximum atomic E-state index is 14.5. The van der Waals surface area contributed by atoms with Gasteiger partial charge >= 0.3 is 6.09 Å². The first kappa shape index (κ1) is 20.0. The number of nitrogens with zero attached hydrogens (tertiary/aromatic N) is 4. The maximum Gasteiger partial charge on any atom is 0.412 e. The quantitative estimate of drug-likeness (QED) is 0.698. The number of fused-ring (bicyclic) bond motifs is 1. The predicted octanol–water partition coefficient (Wildman–Crippen LogP) is 4.08. The molecule has 1 aromatic carbocycles. The summed E-state index contributed by atoms with van der Waals surface area (Å²) in [7, 11) is 0. The van der Waals surface area contributed by atoms with Gasteiger partial charge in [0.1, 0.15) is 11.4 Å². The maximum absolute atomic E-state index is 14.5. The molecule has 30 heavy (non-hydrogen) atoms. The number of nitrogens with one attached hydrogen (secondary N) is 1. The zero-order chi connectivity index (χ0) is 21.3. The van der Waals surface area contributed by atoms with Gasteiger partial charge in [-0.1, -0.05) is 6.08 Å². The van der Waals surface area contributed by atoms with Crippen LogP contribution in [0.5, 0.6) is 0 Å². The summed E-state index contributed by atoms with van der Waals surface area (Å²) in [6.45, 7) is 6.50. The number of ether oxygens (including phenoxy) is 2. The minimum Gasteiger partial charge on any atom is -0.444 e. The molecule has 156 valence electrons. The molecular formula is C21H22FN5O3. The van der Waals surface area contributed by atoms with Crippen LogP contribution in [0.3, 0.4) is 0 Å². The Morgan fingerprint density at radius 2 is 2.10 bits per heavy atom. The monoisotopic (exact) mass is 411 g/mol. The molecule has 0 atom stereocenters. The third-order valence-electron chi connectivity index (χ3n) is 4.35. The topological polar surface area (TPSA) is 90.6 Å². The van der Waals surface area contributed by atoms with Gasteiger partial charge in [-0.25, -0.2) is 18.7 Å². The number of halogens is 1. The van der Waals surface area contributed by atoms with Crippen molar-refractivity contribution in [3.8, 4) is 11.4 Å². The lowest BCUT2D eigenvalue weighted by Gasteiger charge is -2.19. The van der Waals surface area contributed by atoms with Crippen LogP contribution in [-0.4, -0.2) is 44.5 Å². The van der Waals surface area contributed by atoms with Gasteiger partial charge in [0.05, 0.1) is 24.5 Å². The number of hydrogen-bond donors (Lipinski definition) is 1. The number of rotatable bonds is 3. The van der Waals surface area contributed by atoms with Crippen molar-refractivity contribution in [2.75, 3.05) is 18.5 Å². The summed E-state index contributed by atoms with van der Waals surface area (Å²) in [5, 5.41) is 6.92. The normalized spacial score (nSPS) is 14.5. The fourth-order valence-corrected chi connectivity index (χ4v) is 3.03. The molecule has 1 aliphatic rings. The van der Waals surface area contributed by atoms with Crippen LogP contribution in [0.15, 0.2) is 36.5 Å². The van der Waals surface area contributed by atoms with E-state index in [1.54, 1.807) is 27.0 Å². The van der Waals surface area contributed by atoms with E-state index in [1.165, 1.54) is 22.7 Å². The van der Waals surface area contributed by atoms with Crippen LogP contribution in [-0.2, 0) is 9.47 Å². The smallest absolute Gasteiger partial charge is 0.412 e. The van der Waals surface area contributed by atoms with E-state index in [0.29, 0.717) is 24.7 Å². The summed E-state index contributed by atoms with van der Waals surface area (Å²) in [5.41, 5.74) is 1.77. The van der Waals surface area contributed by atoms with Crippen molar-refractivity contribution in [1.82, 2.24) is 19.6 Å². The number of carbonyl (C=O) groups excluding carboxylic acids is 1. The Morgan fingerprint density at radius 1 is 1.27 bits per heavy atom. The molecular weight excluding hydrogens is 389 g/mol. The van der Waals surface area contributed by atoms with Gasteiger partial charge in [-0.05, 0) is 57.0 Å². The highest BCUT2D eigenvalue weighted by Crippen LogP contribution is 2.25. The second kappa shape index (κ2) is 7.83. The first-order valence-electron chi connectivity index (χ1n) is 9.59. The molecule has 3 heterocycles. The number of benzene rings is 1. The number of amides is 1. The summed E-state index contributed by atoms with van der Waals surface area (Å²) < 4.78 is 26.5. The minimum atomic E-state index is -0.640. The van der Waals surface area contributed by atoms with Crippen molar-refractivity contribution in [2.24, 2.45) is 0 Å². The third-order valence-corrected chi connectivity index (χ3v) is 4.35. The Balaban J connectivity index is 1.63. The van der Waals surface area contributed by atoms with Crippen LogP contribution in [0.4, 0.5) is 14.9 Å². The Bertz CT molecular complexity index is 1130. The van der Waals surface area contributed by atoms with Gasteiger partial charge in [-0.2, -0.15) is 4.98 Å². The van der Waals surface area contributed by atoms with E-state index >= 15 is 0 Å². The van der Waals surface area contributed by atoms with Gasteiger partial charge in [0, 0.05) is 11.9 Å². The lowest BCUT2D eigenvalue weighted by Crippen LogP contribution is -2.27. The molecule has 1 N–H and O–H groups in total. The van der Waals surface area contributed by atoms with Crippen molar-refractivity contribution in [2.45, 2.75) is 32.8 Å². The van der Waals surface area contributed by atoms with Crippen LogP contribution in [0.25, 0.3) is 22.7 Å². The molecule has 3 aromatic rings. The van der Waals surface area contributed by atoms with Gasteiger partial charge in [0.15, 0.2) is 5.82 Å². The first-order valence-corrected chi connectivity index (χ1v) is 9.59. The number of aromatic nitrogens is 4. The molecule has 0 fully saturated rings. The van der Waals surface area contributed by atoms with E-state index in [9.17, 15) is 9.18 Å². The lowest BCUT2D eigenvalue weighted by molar-refractivity contribution is 0.0636. The summed E-state index contributed by atoms with van der Waals surface area (Å²) in [4.78, 5) is 20.9. The van der Waals surface area contributed by atoms with Gasteiger partial charge in [-0.15, -0.1) is 5.10 Å². The van der Waals surface area contributed by atoms with Gasteiger partial charge in [0.2, 0.25) is 0 Å². The van der Waals surface area contributed by atoms with Gasteiger partial charge in [0.25, 0.3) is 5.78 Å².